The first kappa shape index (κ1) is 15.0. The van der Waals surface area contributed by atoms with Crippen LogP contribution in [-0.2, 0) is 16.0 Å². The number of rotatable bonds is 6. The Kier molecular flexibility index (Phi) is 4.94. The smallest absolute Gasteiger partial charge is 0.242 e. The van der Waals surface area contributed by atoms with Crippen molar-refractivity contribution in [3.63, 3.8) is 0 Å². The summed E-state index contributed by atoms with van der Waals surface area (Å²) in [6.45, 7) is 1.63. The van der Waals surface area contributed by atoms with Crippen LogP contribution in [-0.4, -0.2) is 23.9 Å². The topological polar surface area (TPSA) is 82.0 Å². The number of nitrogens with one attached hydrogen (secondary N) is 2. The maximum Gasteiger partial charge on any atom is 0.242 e. The molecule has 0 heterocycles. The highest BCUT2D eigenvalue weighted by molar-refractivity contribution is 5.89. The molecule has 5 nitrogen and oxygen atoms in total. The van der Waals surface area contributed by atoms with Gasteiger partial charge in [-0.1, -0.05) is 30.3 Å². The fourth-order valence-corrected chi connectivity index (χ4v) is 1.98. The van der Waals surface area contributed by atoms with Gasteiger partial charge < -0.3 is 10.6 Å². The number of amides is 2. The van der Waals surface area contributed by atoms with E-state index in [0.717, 1.165) is 18.4 Å². The molecule has 0 aromatic heterocycles. The highest BCUT2D eigenvalue weighted by Gasteiger charge is 2.27. The Balaban J connectivity index is 1.87. The molecule has 1 aromatic rings. The van der Waals surface area contributed by atoms with Gasteiger partial charge in [-0.15, -0.1) is 0 Å². The molecule has 0 spiro atoms. The van der Waals surface area contributed by atoms with E-state index in [2.05, 4.69) is 10.6 Å². The molecule has 0 saturated heterocycles. The molecule has 1 aliphatic carbocycles. The van der Waals surface area contributed by atoms with E-state index in [4.69, 9.17) is 5.26 Å². The number of carbonyl (C=O) groups excluding carboxylic acids is 2. The Labute approximate surface area is 124 Å². The monoisotopic (exact) mass is 285 g/mol. The predicted molar refractivity (Wildman–Crippen MR) is 78.0 cm³/mol. The van der Waals surface area contributed by atoms with Gasteiger partial charge in [-0.3, -0.25) is 9.59 Å². The Morgan fingerprint density at radius 3 is 2.52 bits per heavy atom. The molecule has 2 rings (SSSR count). The summed E-state index contributed by atoms with van der Waals surface area (Å²) in [5, 5.41) is 14.6. The zero-order valence-corrected chi connectivity index (χ0v) is 12.0. The minimum absolute atomic E-state index is 0.192. The minimum Gasteiger partial charge on any atom is -0.352 e. The van der Waals surface area contributed by atoms with Crippen molar-refractivity contribution in [2.24, 2.45) is 5.92 Å². The number of nitrogens with zero attached hydrogens (tertiary/aromatic N) is 1. The van der Waals surface area contributed by atoms with Crippen LogP contribution in [0.5, 0.6) is 0 Å². The van der Waals surface area contributed by atoms with Crippen molar-refractivity contribution in [3.05, 3.63) is 35.9 Å². The molecule has 1 aliphatic rings. The van der Waals surface area contributed by atoms with Crippen LogP contribution >= 0.6 is 0 Å². The van der Waals surface area contributed by atoms with Crippen LogP contribution in [0.1, 0.15) is 25.3 Å². The summed E-state index contributed by atoms with van der Waals surface area (Å²) in [4.78, 5) is 23.9. The van der Waals surface area contributed by atoms with Crippen LogP contribution in [0, 0.1) is 17.2 Å². The van der Waals surface area contributed by atoms with Gasteiger partial charge in [-0.05, 0) is 31.7 Å². The van der Waals surface area contributed by atoms with E-state index in [1.165, 1.54) is 0 Å². The van der Waals surface area contributed by atoms with Gasteiger partial charge in [-0.25, -0.2) is 0 Å². The van der Waals surface area contributed by atoms with Gasteiger partial charge in [0.1, 0.15) is 12.0 Å². The van der Waals surface area contributed by atoms with Crippen LogP contribution in [0.3, 0.4) is 0 Å². The largest absolute Gasteiger partial charge is 0.352 e. The van der Waals surface area contributed by atoms with Gasteiger partial charge in [0.2, 0.25) is 11.8 Å². The minimum atomic E-state index is -0.788. The number of nitriles is 1. The zero-order chi connectivity index (χ0) is 15.2. The SMILES string of the molecule is CC(NC(=O)C(C#N)Cc1ccccc1)C(=O)NC1CC1. The first-order valence-corrected chi connectivity index (χ1v) is 7.14. The third kappa shape index (κ3) is 4.60. The lowest BCUT2D eigenvalue weighted by molar-refractivity contribution is -0.129. The van der Waals surface area contributed by atoms with E-state index in [1.54, 1.807) is 6.92 Å². The standard InChI is InChI=1S/C16H19N3O2/c1-11(15(20)19-14-7-8-14)18-16(21)13(10-17)9-12-5-3-2-4-6-12/h2-6,11,13-14H,7-9H2,1H3,(H,18,21)(H,19,20). The second kappa shape index (κ2) is 6.89. The van der Waals surface area contributed by atoms with Crippen molar-refractivity contribution in [2.45, 2.75) is 38.3 Å². The normalized spacial score (nSPS) is 16.4. The summed E-state index contributed by atoms with van der Waals surface area (Å²) in [6.07, 6.45) is 2.35. The molecule has 5 heteroatoms. The number of carbonyl (C=O) groups is 2. The van der Waals surface area contributed by atoms with Crippen molar-refractivity contribution < 1.29 is 9.59 Å². The second-order valence-corrected chi connectivity index (χ2v) is 5.38. The van der Waals surface area contributed by atoms with Gasteiger partial charge in [0, 0.05) is 6.04 Å². The summed E-state index contributed by atoms with van der Waals surface area (Å²) in [5.41, 5.74) is 0.925. The molecule has 1 saturated carbocycles. The molecule has 0 radical (unpaired) electrons. The van der Waals surface area contributed by atoms with Crippen molar-refractivity contribution >= 4 is 11.8 Å². The quantitative estimate of drug-likeness (QED) is 0.822. The molecular formula is C16H19N3O2. The lowest BCUT2D eigenvalue weighted by Gasteiger charge is -2.16. The highest BCUT2D eigenvalue weighted by atomic mass is 16.2. The number of hydrogen-bond acceptors (Lipinski definition) is 3. The first-order chi connectivity index (χ1) is 10.1. The third-order valence-electron chi connectivity index (χ3n) is 3.43. The molecule has 0 bridgehead atoms. The molecule has 2 N–H and O–H groups in total. The predicted octanol–water partition coefficient (Wildman–Crippen LogP) is 1.15. The molecule has 0 aliphatic heterocycles. The van der Waals surface area contributed by atoms with E-state index in [-0.39, 0.29) is 11.9 Å². The Hall–Kier alpha value is -2.35. The Morgan fingerprint density at radius 1 is 1.29 bits per heavy atom. The van der Waals surface area contributed by atoms with Crippen LogP contribution in [0.4, 0.5) is 0 Å². The fourth-order valence-electron chi connectivity index (χ4n) is 1.98. The van der Waals surface area contributed by atoms with Gasteiger partial charge in [0.15, 0.2) is 0 Å². The Bertz CT molecular complexity index is 546. The van der Waals surface area contributed by atoms with Crippen LogP contribution < -0.4 is 10.6 Å². The van der Waals surface area contributed by atoms with E-state index in [9.17, 15) is 9.59 Å². The molecule has 2 unspecified atom stereocenters. The molecule has 1 aromatic carbocycles. The summed E-state index contributed by atoms with van der Waals surface area (Å²) < 4.78 is 0. The average Bonchev–Trinajstić information content (AvgIpc) is 3.29. The van der Waals surface area contributed by atoms with E-state index in [1.807, 2.05) is 36.4 Å². The fraction of sp³-hybridized carbons (Fsp3) is 0.438. The summed E-state index contributed by atoms with van der Waals surface area (Å²) in [6, 6.07) is 11.0. The summed E-state index contributed by atoms with van der Waals surface area (Å²) in [7, 11) is 0. The molecule has 110 valence electrons. The van der Waals surface area contributed by atoms with E-state index >= 15 is 0 Å². The van der Waals surface area contributed by atoms with Crippen molar-refractivity contribution in [1.29, 1.82) is 5.26 Å². The summed E-state index contributed by atoms with van der Waals surface area (Å²) in [5.74, 6) is -1.38. The van der Waals surface area contributed by atoms with Gasteiger partial charge in [-0.2, -0.15) is 5.26 Å². The molecule has 21 heavy (non-hydrogen) atoms. The summed E-state index contributed by atoms with van der Waals surface area (Å²) >= 11 is 0. The number of benzene rings is 1. The maximum absolute atomic E-state index is 12.1. The van der Waals surface area contributed by atoms with E-state index < -0.39 is 17.9 Å². The van der Waals surface area contributed by atoms with Gasteiger partial charge in [0.05, 0.1) is 6.07 Å². The molecule has 2 amide bonds. The molecule has 2 atom stereocenters. The van der Waals surface area contributed by atoms with Gasteiger partial charge in [0.25, 0.3) is 0 Å². The third-order valence-corrected chi connectivity index (χ3v) is 3.43. The average molecular weight is 285 g/mol. The first-order valence-electron chi connectivity index (χ1n) is 7.14. The second-order valence-electron chi connectivity index (χ2n) is 5.38. The van der Waals surface area contributed by atoms with Crippen LogP contribution in [0.15, 0.2) is 30.3 Å². The highest BCUT2D eigenvalue weighted by Crippen LogP contribution is 2.18. The lowest BCUT2D eigenvalue weighted by Crippen LogP contribution is -2.47. The molecular weight excluding hydrogens is 266 g/mol. The van der Waals surface area contributed by atoms with Gasteiger partial charge >= 0.3 is 0 Å². The zero-order valence-electron chi connectivity index (χ0n) is 12.0. The van der Waals surface area contributed by atoms with E-state index in [0.29, 0.717) is 6.42 Å². The van der Waals surface area contributed by atoms with Crippen LogP contribution in [0.25, 0.3) is 0 Å². The van der Waals surface area contributed by atoms with Crippen LogP contribution in [0.2, 0.25) is 0 Å². The van der Waals surface area contributed by atoms with Crippen molar-refractivity contribution in [3.8, 4) is 6.07 Å². The maximum atomic E-state index is 12.1. The lowest BCUT2D eigenvalue weighted by atomic mass is 9.99. The van der Waals surface area contributed by atoms with Crippen molar-refractivity contribution in [1.82, 2.24) is 10.6 Å². The van der Waals surface area contributed by atoms with Crippen molar-refractivity contribution in [2.75, 3.05) is 0 Å². The molecule has 1 fully saturated rings. The number of hydrogen-bond donors (Lipinski definition) is 2. The Morgan fingerprint density at radius 2 is 1.95 bits per heavy atom.